The molecule has 32 heavy (non-hydrogen) atoms. The van der Waals surface area contributed by atoms with Gasteiger partial charge in [-0.15, -0.1) is 11.3 Å². The Labute approximate surface area is 201 Å². The molecule has 1 saturated heterocycles. The molecule has 1 aliphatic heterocycles. The summed E-state index contributed by atoms with van der Waals surface area (Å²) in [5.41, 5.74) is 1.37. The topological polar surface area (TPSA) is 37.4 Å². The molecule has 0 unspecified atom stereocenters. The van der Waals surface area contributed by atoms with Crippen LogP contribution in [-0.4, -0.2) is 29.1 Å². The molecular formula is C25H24ClN3OS2. The normalized spacial score (nSPS) is 15.2. The summed E-state index contributed by atoms with van der Waals surface area (Å²) in [7, 11) is 0. The smallest absolute Gasteiger partial charge is 0.192 e. The van der Waals surface area contributed by atoms with E-state index in [-0.39, 0.29) is 6.10 Å². The van der Waals surface area contributed by atoms with Crippen LogP contribution in [0.4, 0.5) is 5.13 Å². The minimum atomic E-state index is 0.201. The van der Waals surface area contributed by atoms with Crippen molar-refractivity contribution in [2.24, 2.45) is 0 Å². The van der Waals surface area contributed by atoms with Crippen LogP contribution in [0.3, 0.4) is 0 Å². The fraction of sp³-hybridized carbons (Fsp3) is 0.240. The number of nitrogens with one attached hydrogen (secondary N) is 1. The number of halogens is 1. The van der Waals surface area contributed by atoms with Crippen molar-refractivity contribution in [3.8, 4) is 5.75 Å². The van der Waals surface area contributed by atoms with E-state index in [0.29, 0.717) is 5.02 Å². The molecule has 0 aliphatic carbocycles. The summed E-state index contributed by atoms with van der Waals surface area (Å²) in [6.07, 6.45) is 4.00. The molecule has 0 saturated carbocycles. The van der Waals surface area contributed by atoms with Gasteiger partial charge in [0.05, 0.1) is 5.02 Å². The lowest BCUT2D eigenvalue weighted by Crippen LogP contribution is -2.37. The summed E-state index contributed by atoms with van der Waals surface area (Å²) < 4.78 is 9.47. The second kappa shape index (κ2) is 10.1. The molecule has 1 fully saturated rings. The van der Waals surface area contributed by atoms with E-state index in [1.54, 1.807) is 17.5 Å². The van der Waals surface area contributed by atoms with Gasteiger partial charge in [0.1, 0.15) is 11.9 Å². The van der Waals surface area contributed by atoms with Crippen LogP contribution in [0.15, 0.2) is 77.1 Å². The number of nitrogens with zero attached hydrogens (tertiary/aromatic N) is 2. The van der Waals surface area contributed by atoms with Crippen molar-refractivity contribution in [1.29, 1.82) is 0 Å². The van der Waals surface area contributed by atoms with Crippen LogP contribution < -0.4 is 9.46 Å². The van der Waals surface area contributed by atoms with E-state index in [1.807, 2.05) is 23.6 Å². The third-order valence-electron chi connectivity index (χ3n) is 5.64. The number of anilines is 1. The van der Waals surface area contributed by atoms with Gasteiger partial charge in [0.15, 0.2) is 5.13 Å². The average molecular weight is 482 g/mol. The molecule has 1 N–H and O–H groups in total. The summed E-state index contributed by atoms with van der Waals surface area (Å²) >= 11 is 9.57. The largest absolute Gasteiger partial charge is 0.489 e. The number of likely N-dealkylation sites (tertiary alicyclic amines) is 1. The predicted octanol–water partition coefficient (Wildman–Crippen LogP) is 7.11. The van der Waals surface area contributed by atoms with Gasteiger partial charge in [0.2, 0.25) is 0 Å². The van der Waals surface area contributed by atoms with Crippen LogP contribution in [0.2, 0.25) is 5.02 Å². The van der Waals surface area contributed by atoms with E-state index in [1.165, 1.54) is 28.3 Å². The lowest BCUT2D eigenvalue weighted by atomic mass is 10.0. The zero-order valence-electron chi connectivity index (χ0n) is 17.5. The second-order valence-corrected chi connectivity index (χ2v) is 10.1. The summed E-state index contributed by atoms with van der Waals surface area (Å²) in [5, 5.41) is 6.07. The van der Waals surface area contributed by atoms with Gasteiger partial charge >= 0.3 is 0 Å². The van der Waals surface area contributed by atoms with Crippen molar-refractivity contribution in [2.75, 3.05) is 17.8 Å². The first-order valence-electron chi connectivity index (χ1n) is 10.7. The third kappa shape index (κ3) is 5.38. The maximum atomic E-state index is 6.50. The zero-order valence-corrected chi connectivity index (χ0v) is 19.9. The van der Waals surface area contributed by atoms with Crippen molar-refractivity contribution in [2.45, 2.75) is 30.4 Å². The second-order valence-electron chi connectivity index (χ2n) is 7.91. The molecule has 0 radical (unpaired) electrons. The van der Waals surface area contributed by atoms with Crippen molar-refractivity contribution in [3.63, 3.8) is 0 Å². The summed E-state index contributed by atoms with van der Waals surface area (Å²) in [4.78, 5) is 7.76. The molecule has 0 amide bonds. The maximum absolute atomic E-state index is 6.50. The van der Waals surface area contributed by atoms with Crippen molar-refractivity contribution >= 4 is 50.8 Å². The number of hydrogen-bond donors (Lipinski definition) is 1. The van der Waals surface area contributed by atoms with Crippen LogP contribution in [-0.2, 0) is 6.54 Å². The lowest BCUT2D eigenvalue weighted by Gasteiger charge is -2.32. The molecule has 1 aliphatic rings. The van der Waals surface area contributed by atoms with Gasteiger partial charge in [-0.25, -0.2) is 4.98 Å². The monoisotopic (exact) mass is 481 g/mol. The summed E-state index contributed by atoms with van der Waals surface area (Å²) in [6.45, 7) is 3.04. The molecule has 4 aromatic rings. The Morgan fingerprint density at radius 1 is 1.06 bits per heavy atom. The molecule has 2 heterocycles. The lowest BCUT2D eigenvalue weighted by molar-refractivity contribution is 0.0968. The Morgan fingerprint density at radius 2 is 1.91 bits per heavy atom. The Bertz CT molecular complexity index is 1180. The Morgan fingerprint density at radius 3 is 2.69 bits per heavy atom. The number of ether oxygens (including phenoxy) is 1. The standard InChI is InChI=1S/C25H24ClN3OS2/c26-23-16-22(32-28-25-27-11-14-31-25)7-8-24(23)30-21-9-12-29(13-10-21)17-18-5-6-19-3-1-2-4-20(19)15-18/h1-8,11,14-16,21H,9-10,12-13,17H2,(H,27,28). The van der Waals surface area contributed by atoms with Crippen molar-refractivity contribution in [1.82, 2.24) is 9.88 Å². The van der Waals surface area contributed by atoms with Crippen LogP contribution in [0.1, 0.15) is 18.4 Å². The fourth-order valence-corrected chi connectivity index (χ4v) is 5.53. The molecule has 3 aromatic carbocycles. The number of piperidine rings is 1. The Kier molecular flexibility index (Phi) is 6.83. The number of aromatic nitrogens is 1. The highest BCUT2D eigenvalue weighted by atomic mass is 35.5. The van der Waals surface area contributed by atoms with Gasteiger partial charge in [0, 0.05) is 36.1 Å². The molecule has 4 nitrogen and oxygen atoms in total. The van der Waals surface area contributed by atoms with Crippen molar-refractivity contribution in [3.05, 3.63) is 82.8 Å². The Balaban J connectivity index is 1.12. The van der Waals surface area contributed by atoms with Crippen LogP contribution in [0, 0.1) is 0 Å². The molecule has 0 bridgehead atoms. The van der Waals surface area contributed by atoms with Gasteiger partial charge < -0.3 is 9.46 Å². The number of thiazole rings is 1. The van der Waals surface area contributed by atoms with E-state index in [4.69, 9.17) is 16.3 Å². The summed E-state index contributed by atoms with van der Waals surface area (Å²) in [6, 6.07) is 21.2. The van der Waals surface area contributed by atoms with E-state index in [0.717, 1.165) is 48.3 Å². The minimum absolute atomic E-state index is 0.201. The van der Waals surface area contributed by atoms with Gasteiger partial charge in [-0.2, -0.15) is 0 Å². The zero-order chi connectivity index (χ0) is 21.8. The molecule has 5 rings (SSSR count). The predicted molar refractivity (Wildman–Crippen MR) is 136 cm³/mol. The third-order valence-corrected chi connectivity index (χ3v) is 7.54. The SMILES string of the molecule is Clc1cc(SNc2nccs2)ccc1OC1CCN(Cc2ccc3ccccc3c2)CC1. The first-order chi connectivity index (χ1) is 15.7. The minimum Gasteiger partial charge on any atom is -0.489 e. The number of benzene rings is 3. The summed E-state index contributed by atoms with van der Waals surface area (Å²) in [5.74, 6) is 0.762. The van der Waals surface area contributed by atoms with Crippen LogP contribution in [0.25, 0.3) is 10.8 Å². The first-order valence-corrected chi connectivity index (χ1v) is 12.8. The Hall–Kier alpha value is -2.25. The molecule has 0 atom stereocenters. The number of hydrogen-bond acceptors (Lipinski definition) is 6. The maximum Gasteiger partial charge on any atom is 0.192 e. The molecular weight excluding hydrogens is 458 g/mol. The first kappa shape index (κ1) is 21.6. The molecule has 0 spiro atoms. The van der Waals surface area contributed by atoms with E-state index >= 15 is 0 Å². The van der Waals surface area contributed by atoms with Crippen LogP contribution in [0.5, 0.6) is 5.75 Å². The van der Waals surface area contributed by atoms with Gasteiger partial charge in [-0.05, 0) is 65.4 Å². The van der Waals surface area contributed by atoms with Crippen molar-refractivity contribution < 1.29 is 4.74 Å². The highest BCUT2D eigenvalue weighted by Gasteiger charge is 2.21. The number of fused-ring (bicyclic) bond motifs is 1. The molecule has 1 aromatic heterocycles. The molecule has 164 valence electrons. The fourth-order valence-electron chi connectivity index (χ4n) is 3.98. The van der Waals surface area contributed by atoms with Crippen LogP contribution >= 0.6 is 34.9 Å². The quantitative estimate of drug-likeness (QED) is 0.284. The van der Waals surface area contributed by atoms with E-state index in [2.05, 4.69) is 57.1 Å². The van der Waals surface area contributed by atoms with Gasteiger partial charge in [-0.3, -0.25) is 4.90 Å². The van der Waals surface area contributed by atoms with Gasteiger partial charge in [-0.1, -0.05) is 48.0 Å². The average Bonchev–Trinajstić information content (AvgIpc) is 3.34. The molecule has 7 heteroatoms. The number of rotatable bonds is 7. The highest BCUT2D eigenvalue weighted by Crippen LogP contribution is 2.32. The van der Waals surface area contributed by atoms with E-state index in [9.17, 15) is 0 Å². The van der Waals surface area contributed by atoms with Gasteiger partial charge in [0.25, 0.3) is 0 Å². The highest BCUT2D eigenvalue weighted by molar-refractivity contribution is 8.00. The van der Waals surface area contributed by atoms with E-state index < -0.39 is 0 Å².